The first kappa shape index (κ1) is 22.7. The maximum Gasteiger partial charge on any atom is 0.281 e. The lowest BCUT2D eigenvalue weighted by Gasteiger charge is -2.10. The molecule has 0 saturated heterocycles. The van der Waals surface area contributed by atoms with Gasteiger partial charge in [-0.1, -0.05) is 31.2 Å². The average Bonchev–Trinajstić information content (AvgIpc) is 3.53. The molecule has 0 bridgehead atoms. The third-order valence-corrected chi connectivity index (χ3v) is 5.90. The van der Waals surface area contributed by atoms with Gasteiger partial charge in [0.05, 0.1) is 10.4 Å². The number of hydrogen-bond acceptors (Lipinski definition) is 5. The fourth-order valence-electron chi connectivity index (χ4n) is 3.40. The summed E-state index contributed by atoms with van der Waals surface area (Å²) >= 11 is 4.36. The Morgan fingerprint density at radius 3 is 2.47 bits per heavy atom. The van der Waals surface area contributed by atoms with Crippen LogP contribution in [-0.2, 0) is 0 Å². The Bertz CT molecular complexity index is 1210. The van der Waals surface area contributed by atoms with E-state index < -0.39 is 11.7 Å². The molecule has 0 unspecified atom stereocenters. The zero-order chi connectivity index (χ0) is 22.7. The van der Waals surface area contributed by atoms with Crippen molar-refractivity contribution in [2.45, 2.75) is 36.3 Å². The highest BCUT2D eigenvalue weighted by Crippen LogP contribution is 2.40. The number of hydrogen-bond donors (Lipinski definition) is 1. The van der Waals surface area contributed by atoms with Gasteiger partial charge in [0.25, 0.3) is 5.76 Å². The first-order valence-electron chi connectivity index (χ1n) is 10.1. The Morgan fingerprint density at radius 1 is 1.09 bits per heavy atom. The van der Waals surface area contributed by atoms with Crippen molar-refractivity contribution in [2.24, 2.45) is 0 Å². The molecule has 1 saturated carbocycles. The second-order valence-electron chi connectivity index (χ2n) is 7.29. The standard InChI is InChI=1S/C22H19FN4S.CH2F2S/c1-2-28-20-9-17(16-7-5-15(6-8-16)14-3-4-14)11-25-22(20)27-13-18-12-24-21(23)10-19(18)26-27;2-1(3)4/h5-14H,2-4H2,1H3;1,4H. The van der Waals surface area contributed by atoms with Crippen molar-refractivity contribution in [3.05, 3.63) is 66.5 Å². The molecule has 3 heterocycles. The first-order valence-corrected chi connectivity index (χ1v) is 11.7. The third kappa shape index (κ3) is 5.45. The van der Waals surface area contributed by atoms with Crippen LogP contribution in [0.4, 0.5) is 13.2 Å². The fraction of sp³-hybridized carbons (Fsp3) is 0.261. The van der Waals surface area contributed by atoms with Crippen LogP contribution in [0.5, 0.6) is 0 Å². The van der Waals surface area contributed by atoms with Crippen LogP contribution in [-0.4, -0.2) is 31.3 Å². The van der Waals surface area contributed by atoms with Crippen LogP contribution in [0.3, 0.4) is 0 Å². The van der Waals surface area contributed by atoms with Crippen molar-refractivity contribution in [1.82, 2.24) is 19.7 Å². The monoisotopic (exact) mass is 474 g/mol. The van der Waals surface area contributed by atoms with Gasteiger partial charge >= 0.3 is 0 Å². The number of alkyl halides is 2. The van der Waals surface area contributed by atoms with Crippen molar-refractivity contribution in [3.63, 3.8) is 0 Å². The van der Waals surface area contributed by atoms with E-state index in [1.165, 1.54) is 36.2 Å². The Balaban J connectivity index is 0.000000567. The van der Waals surface area contributed by atoms with Gasteiger partial charge in [-0.2, -0.15) is 18.3 Å². The van der Waals surface area contributed by atoms with Gasteiger partial charge in [-0.3, -0.25) is 0 Å². The van der Waals surface area contributed by atoms with Crippen LogP contribution >= 0.6 is 24.4 Å². The molecule has 32 heavy (non-hydrogen) atoms. The van der Waals surface area contributed by atoms with Gasteiger partial charge in [0, 0.05) is 35.6 Å². The minimum atomic E-state index is -2.47. The smallest absolute Gasteiger partial charge is 0.235 e. The Kier molecular flexibility index (Phi) is 7.05. The predicted molar refractivity (Wildman–Crippen MR) is 125 cm³/mol. The largest absolute Gasteiger partial charge is 0.281 e. The number of fused-ring (bicyclic) bond motifs is 1. The number of thioether (sulfide) groups is 1. The molecular formula is C23H21F3N4S2. The van der Waals surface area contributed by atoms with Gasteiger partial charge in [0.1, 0.15) is 0 Å². The zero-order valence-corrected chi connectivity index (χ0v) is 19.0. The molecule has 3 aromatic heterocycles. The van der Waals surface area contributed by atoms with Crippen LogP contribution in [0.15, 0.2) is 59.9 Å². The summed E-state index contributed by atoms with van der Waals surface area (Å²) in [6.45, 7) is 2.12. The van der Waals surface area contributed by atoms with E-state index in [4.69, 9.17) is 4.98 Å². The summed E-state index contributed by atoms with van der Waals surface area (Å²) in [5, 5.41) is 5.28. The highest BCUT2D eigenvalue weighted by atomic mass is 32.2. The summed E-state index contributed by atoms with van der Waals surface area (Å²) in [4.78, 5) is 9.45. The quantitative estimate of drug-likeness (QED) is 0.197. The molecule has 1 aliphatic rings. The minimum Gasteiger partial charge on any atom is -0.235 e. The van der Waals surface area contributed by atoms with E-state index in [9.17, 15) is 13.2 Å². The molecule has 5 rings (SSSR count). The number of rotatable bonds is 5. The van der Waals surface area contributed by atoms with Gasteiger partial charge in [-0.25, -0.2) is 14.6 Å². The lowest BCUT2D eigenvalue weighted by atomic mass is 10.0. The Hall–Kier alpha value is -2.52. The van der Waals surface area contributed by atoms with Crippen molar-refractivity contribution >= 4 is 35.3 Å². The fourth-order valence-corrected chi connectivity index (χ4v) is 4.19. The molecule has 0 radical (unpaired) electrons. The molecule has 0 amide bonds. The number of thiol groups is 1. The molecule has 1 fully saturated rings. The van der Waals surface area contributed by atoms with E-state index in [0.29, 0.717) is 5.52 Å². The highest BCUT2D eigenvalue weighted by Gasteiger charge is 2.23. The number of aromatic nitrogens is 4. The summed E-state index contributed by atoms with van der Waals surface area (Å²) in [5.74, 6) is -0.565. The first-order chi connectivity index (χ1) is 15.4. The summed E-state index contributed by atoms with van der Waals surface area (Å²) < 4.78 is 35.5. The normalized spacial score (nSPS) is 13.3. The molecule has 0 N–H and O–H groups in total. The molecule has 0 spiro atoms. The maximum absolute atomic E-state index is 13.4. The summed E-state index contributed by atoms with van der Waals surface area (Å²) in [6, 6.07) is 12.3. The lowest BCUT2D eigenvalue weighted by molar-refractivity contribution is 0.255. The Morgan fingerprint density at radius 2 is 1.81 bits per heavy atom. The van der Waals surface area contributed by atoms with E-state index in [1.54, 1.807) is 16.4 Å². The number of halogens is 3. The van der Waals surface area contributed by atoms with Crippen LogP contribution in [0.2, 0.25) is 0 Å². The third-order valence-electron chi connectivity index (χ3n) is 5.00. The van der Waals surface area contributed by atoms with Crippen molar-refractivity contribution in [2.75, 3.05) is 5.75 Å². The van der Waals surface area contributed by atoms with Crippen LogP contribution in [0.1, 0.15) is 31.2 Å². The second kappa shape index (κ2) is 9.95. The maximum atomic E-state index is 13.4. The molecule has 4 nitrogen and oxygen atoms in total. The summed E-state index contributed by atoms with van der Waals surface area (Å²) in [6.07, 6.45) is 7.84. The molecule has 166 valence electrons. The second-order valence-corrected chi connectivity index (χ2v) is 8.99. The topological polar surface area (TPSA) is 43.6 Å². The number of benzene rings is 1. The molecular weight excluding hydrogens is 453 g/mol. The van der Waals surface area contributed by atoms with E-state index in [1.807, 2.05) is 12.4 Å². The molecule has 4 aromatic rings. The molecule has 0 atom stereocenters. The Labute approximate surface area is 193 Å². The predicted octanol–water partition coefficient (Wildman–Crippen LogP) is 6.75. The van der Waals surface area contributed by atoms with Crippen molar-refractivity contribution in [1.29, 1.82) is 0 Å². The number of nitrogens with zero attached hydrogens (tertiary/aromatic N) is 4. The SMILES string of the molecule is CCSc1cc(-c2ccc(C3CC3)cc2)cnc1-n1cc2cnc(F)cc2n1.FC(F)S. The minimum absolute atomic E-state index is 0.529. The van der Waals surface area contributed by atoms with Crippen LogP contribution < -0.4 is 0 Å². The molecule has 1 aromatic carbocycles. The van der Waals surface area contributed by atoms with Crippen molar-refractivity contribution in [3.8, 4) is 16.9 Å². The van der Waals surface area contributed by atoms with Gasteiger partial charge in [-0.15, -0.1) is 24.4 Å². The highest BCUT2D eigenvalue weighted by molar-refractivity contribution is 7.99. The molecule has 0 aliphatic heterocycles. The average molecular weight is 475 g/mol. The molecule has 9 heteroatoms. The van der Waals surface area contributed by atoms with Gasteiger partial charge in [-0.05, 0) is 41.7 Å². The number of pyridine rings is 2. The molecule has 1 aliphatic carbocycles. The van der Waals surface area contributed by atoms with Gasteiger partial charge < -0.3 is 0 Å². The van der Waals surface area contributed by atoms with E-state index in [0.717, 1.165) is 33.3 Å². The van der Waals surface area contributed by atoms with Crippen molar-refractivity contribution < 1.29 is 13.2 Å². The van der Waals surface area contributed by atoms with E-state index >= 15 is 0 Å². The summed E-state index contributed by atoms with van der Waals surface area (Å²) in [7, 11) is 0. The van der Waals surface area contributed by atoms with E-state index in [-0.39, 0.29) is 0 Å². The zero-order valence-electron chi connectivity index (χ0n) is 17.3. The van der Waals surface area contributed by atoms with Gasteiger partial charge in [0.15, 0.2) is 5.82 Å². The van der Waals surface area contributed by atoms with E-state index in [2.05, 4.69) is 60.0 Å². The lowest BCUT2D eigenvalue weighted by Crippen LogP contribution is -2.01. The van der Waals surface area contributed by atoms with Crippen LogP contribution in [0, 0.1) is 5.95 Å². The van der Waals surface area contributed by atoms with Gasteiger partial charge in [0.2, 0.25) is 5.95 Å². The summed E-state index contributed by atoms with van der Waals surface area (Å²) in [5.41, 5.74) is 4.26. The van der Waals surface area contributed by atoms with Crippen LogP contribution in [0.25, 0.3) is 27.8 Å².